The van der Waals surface area contributed by atoms with Gasteiger partial charge in [-0.05, 0) is 17.7 Å². The van der Waals surface area contributed by atoms with E-state index in [4.69, 9.17) is 0 Å². The van der Waals surface area contributed by atoms with Crippen LogP contribution in [0.5, 0.6) is 0 Å². The normalized spacial score (nSPS) is 19.5. The fraction of sp³-hybridized carbons (Fsp3) is 0.267. The Morgan fingerprint density at radius 2 is 2.08 bits per heavy atom. The summed E-state index contributed by atoms with van der Waals surface area (Å²) in [6, 6.07) is 4.62. The molecule has 0 spiro atoms. The first-order chi connectivity index (χ1) is 11.2. The molecule has 3 N–H and O–H groups in total. The van der Waals surface area contributed by atoms with Crippen LogP contribution >= 0.6 is 0 Å². The number of rotatable bonds is 4. The van der Waals surface area contributed by atoms with Crippen molar-refractivity contribution in [2.45, 2.75) is 25.3 Å². The molecule has 2 amide bonds. The summed E-state index contributed by atoms with van der Waals surface area (Å²) in [6.07, 6.45) is -0.490. The second-order valence-electron chi connectivity index (χ2n) is 5.11. The van der Waals surface area contributed by atoms with Gasteiger partial charge in [0.05, 0.1) is 11.8 Å². The van der Waals surface area contributed by atoms with Crippen LogP contribution in [-0.4, -0.2) is 23.7 Å². The molecular formula is C15H15F3N4O2. The number of carbonyl (C=O) groups excluding carboxylic acids is 2. The van der Waals surface area contributed by atoms with E-state index in [9.17, 15) is 22.8 Å². The van der Waals surface area contributed by atoms with Crippen LogP contribution < -0.4 is 16.0 Å². The predicted octanol–water partition coefficient (Wildman–Crippen LogP) is 1.30. The second kappa shape index (κ2) is 6.73. The van der Waals surface area contributed by atoms with Crippen LogP contribution in [0.25, 0.3) is 0 Å². The molecule has 2 rings (SSSR count). The van der Waals surface area contributed by atoms with Gasteiger partial charge in [-0.25, -0.2) is 0 Å². The molecule has 1 unspecified atom stereocenters. The maximum absolute atomic E-state index is 12.7. The predicted molar refractivity (Wildman–Crippen MR) is 80.6 cm³/mol. The van der Waals surface area contributed by atoms with E-state index in [2.05, 4.69) is 20.9 Å². The molecule has 1 atom stereocenters. The maximum Gasteiger partial charge on any atom is 0.416 e. The lowest BCUT2D eigenvalue weighted by atomic mass is 10.1. The number of amides is 2. The van der Waals surface area contributed by atoms with E-state index in [0.29, 0.717) is 0 Å². The molecule has 1 aromatic carbocycles. The number of halogens is 3. The van der Waals surface area contributed by atoms with Crippen molar-refractivity contribution >= 4 is 18.0 Å². The van der Waals surface area contributed by atoms with Gasteiger partial charge in [0.2, 0.25) is 11.6 Å². The number of nitrogens with zero attached hydrogens (tertiary/aromatic N) is 1. The van der Waals surface area contributed by atoms with Gasteiger partial charge < -0.3 is 16.0 Å². The Morgan fingerprint density at radius 1 is 1.33 bits per heavy atom. The van der Waals surface area contributed by atoms with Crippen molar-refractivity contribution < 1.29 is 22.8 Å². The molecular weight excluding hydrogens is 325 g/mol. The van der Waals surface area contributed by atoms with Crippen molar-refractivity contribution in [1.82, 2.24) is 16.0 Å². The van der Waals surface area contributed by atoms with Gasteiger partial charge in [-0.2, -0.15) is 13.2 Å². The summed E-state index contributed by atoms with van der Waals surface area (Å²) in [4.78, 5) is 27.5. The summed E-state index contributed by atoms with van der Waals surface area (Å²) in [5.41, 5.74) is -2.10. The Morgan fingerprint density at radius 3 is 2.67 bits per heavy atom. The lowest BCUT2D eigenvalue weighted by Gasteiger charge is -2.30. The van der Waals surface area contributed by atoms with Gasteiger partial charge in [0.15, 0.2) is 0 Å². The Bertz CT molecular complexity index is 700. The van der Waals surface area contributed by atoms with Gasteiger partial charge in [0, 0.05) is 25.9 Å². The van der Waals surface area contributed by atoms with E-state index in [-0.39, 0.29) is 12.1 Å². The number of hydrogen-bond acceptors (Lipinski definition) is 4. The van der Waals surface area contributed by atoms with Crippen molar-refractivity contribution in [3.63, 3.8) is 0 Å². The van der Waals surface area contributed by atoms with E-state index in [1.165, 1.54) is 37.7 Å². The monoisotopic (exact) mass is 340 g/mol. The molecule has 1 heterocycles. The highest BCUT2D eigenvalue weighted by molar-refractivity contribution is 6.06. The molecule has 1 aliphatic heterocycles. The molecule has 0 saturated heterocycles. The summed E-state index contributed by atoms with van der Waals surface area (Å²) in [5.74, 6) is -1.12. The third-order valence-corrected chi connectivity index (χ3v) is 3.18. The Balaban J connectivity index is 2.10. The average Bonchev–Trinajstić information content (AvgIpc) is 2.52. The van der Waals surface area contributed by atoms with E-state index in [0.717, 1.165) is 12.1 Å². The standard InChI is InChI=1S/C15H15F3N4O2/c1-10(23)22-14(9-19-5-6-21-14)13(24)20-8-11-3-2-4-12(7-11)15(16,17)18/h2-7,9,21H,8H2,1H3,(H,20,24)(H,22,23). The Hall–Kier alpha value is -2.84. The van der Waals surface area contributed by atoms with Gasteiger partial charge in [0.25, 0.3) is 5.91 Å². The highest BCUT2D eigenvalue weighted by atomic mass is 19.4. The largest absolute Gasteiger partial charge is 0.416 e. The van der Waals surface area contributed by atoms with Crippen molar-refractivity contribution in [3.05, 3.63) is 47.8 Å². The van der Waals surface area contributed by atoms with E-state index in [1.54, 1.807) is 0 Å². The van der Waals surface area contributed by atoms with E-state index < -0.39 is 29.2 Å². The van der Waals surface area contributed by atoms with Crippen molar-refractivity contribution in [3.8, 4) is 0 Å². The second-order valence-corrected chi connectivity index (χ2v) is 5.11. The topological polar surface area (TPSA) is 82.6 Å². The molecule has 0 fully saturated rings. The third-order valence-electron chi connectivity index (χ3n) is 3.18. The molecule has 9 heteroatoms. The Kier molecular flexibility index (Phi) is 4.91. The minimum Gasteiger partial charge on any atom is -0.355 e. The lowest BCUT2D eigenvalue weighted by molar-refractivity contribution is -0.137. The van der Waals surface area contributed by atoms with Gasteiger partial charge in [-0.3, -0.25) is 14.6 Å². The highest BCUT2D eigenvalue weighted by Gasteiger charge is 2.38. The summed E-state index contributed by atoms with van der Waals surface area (Å²) in [5, 5.41) is 7.59. The zero-order valence-corrected chi connectivity index (χ0v) is 12.6. The van der Waals surface area contributed by atoms with E-state index in [1.807, 2.05) is 0 Å². The smallest absolute Gasteiger partial charge is 0.355 e. The number of nitrogens with one attached hydrogen (secondary N) is 3. The van der Waals surface area contributed by atoms with Crippen LogP contribution in [0.15, 0.2) is 41.7 Å². The first kappa shape index (κ1) is 17.5. The average molecular weight is 340 g/mol. The molecule has 1 aromatic rings. The number of aliphatic imine (C=N–C) groups is 1. The molecule has 128 valence electrons. The van der Waals surface area contributed by atoms with Gasteiger partial charge >= 0.3 is 6.18 Å². The minimum absolute atomic E-state index is 0.136. The number of alkyl halides is 3. The van der Waals surface area contributed by atoms with E-state index >= 15 is 0 Å². The van der Waals surface area contributed by atoms with Gasteiger partial charge in [-0.15, -0.1) is 0 Å². The molecule has 0 radical (unpaired) electrons. The third kappa shape index (κ3) is 4.12. The summed E-state index contributed by atoms with van der Waals surface area (Å²) >= 11 is 0. The van der Waals surface area contributed by atoms with Crippen molar-refractivity contribution in [2.24, 2.45) is 4.99 Å². The van der Waals surface area contributed by atoms with Gasteiger partial charge in [-0.1, -0.05) is 12.1 Å². The summed E-state index contributed by atoms with van der Waals surface area (Å²) in [6.45, 7) is 1.10. The van der Waals surface area contributed by atoms with Crippen LogP contribution in [0, 0.1) is 0 Å². The number of hydrogen-bond donors (Lipinski definition) is 3. The van der Waals surface area contributed by atoms with Gasteiger partial charge in [0.1, 0.15) is 0 Å². The molecule has 6 nitrogen and oxygen atoms in total. The fourth-order valence-corrected chi connectivity index (χ4v) is 2.11. The van der Waals surface area contributed by atoms with Crippen LogP contribution in [-0.2, 0) is 22.3 Å². The van der Waals surface area contributed by atoms with Crippen molar-refractivity contribution in [1.29, 1.82) is 0 Å². The maximum atomic E-state index is 12.7. The SMILES string of the molecule is CC(=O)NC1(C(=O)NCc2cccc(C(F)(F)F)c2)C=NC=CN1. The Labute approximate surface area is 135 Å². The molecule has 0 saturated carbocycles. The number of carbonyl (C=O) groups is 2. The molecule has 24 heavy (non-hydrogen) atoms. The molecule has 0 aromatic heterocycles. The summed E-state index contributed by atoms with van der Waals surface area (Å²) < 4.78 is 38.1. The van der Waals surface area contributed by atoms with Crippen LogP contribution in [0.4, 0.5) is 13.2 Å². The van der Waals surface area contributed by atoms with Crippen LogP contribution in [0.3, 0.4) is 0 Å². The molecule has 1 aliphatic rings. The zero-order valence-electron chi connectivity index (χ0n) is 12.6. The van der Waals surface area contributed by atoms with Crippen LogP contribution in [0.2, 0.25) is 0 Å². The quantitative estimate of drug-likeness (QED) is 0.773. The lowest BCUT2D eigenvalue weighted by Crippen LogP contribution is -2.67. The number of benzene rings is 1. The fourth-order valence-electron chi connectivity index (χ4n) is 2.11. The van der Waals surface area contributed by atoms with Crippen molar-refractivity contribution in [2.75, 3.05) is 0 Å². The minimum atomic E-state index is -4.46. The zero-order chi connectivity index (χ0) is 17.8. The molecule has 0 aliphatic carbocycles. The van der Waals surface area contributed by atoms with Crippen LogP contribution in [0.1, 0.15) is 18.1 Å². The summed E-state index contributed by atoms with van der Waals surface area (Å²) in [7, 11) is 0. The first-order valence-electron chi connectivity index (χ1n) is 6.93. The highest BCUT2D eigenvalue weighted by Crippen LogP contribution is 2.29. The molecule has 0 bridgehead atoms. The first-order valence-corrected chi connectivity index (χ1v) is 6.93.